The normalized spacial score (nSPS) is 15.1. The molecule has 8 heteroatoms. The highest BCUT2D eigenvalue weighted by Crippen LogP contribution is 2.28. The maximum atomic E-state index is 12.9. The second-order valence-electron chi connectivity index (χ2n) is 7.63. The Balaban J connectivity index is 1.66. The summed E-state index contributed by atoms with van der Waals surface area (Å²) in [4.78, 5) is 18.5. The van der Waals surface area contributed by atoms with E-state index in [4.69, 9.17) is 21.3 Å². The van der Waals surface area contributed by atoms with Crippen molar-refractivity contribution in [2.45, 2.75) is 18.7 Å². The van der Waals surface area contributed by atoms with Crippen LogP contribution in [-0.2, 0) is 0 Å². The quantitative estimate of drug-likeness (QED) is 0.431. The number of guanidine groups is 1. The summed E-state index contributed by atoms with van der Waals surface area (Å²) in [6.07, 6.45) is 1.83. The third-order valence-corrected chi connectivity index (χ3v) is 6.26. The highest BCUT2D eigenvalue weighted by Gasteiger charge is 2.20. The topological polar surface area (TPSA) is 75.1 Å². The number of nitrogens with one attached hydrogen (secondary N) is 2. The number of ether oxygens (including phenoxy) is 1. The molecular formula is C25H19ClN4O2S. The fraction of sp³-hybridized carbons (Fsp3) is 0.0800. The number of nitrogens with zero attached hydrogens (tertiary/aromatic N) is 2. The van der Waals surface area contributed by atoms with Crippen molar-refractivity contribution in [3.63, 3.8) is 0 Å². The van der Waals surface area contributed by atoms with Gasteiger partial charge in [0.2, 0.25) is 11.8 Å². The molecule has 2 aliphatic rings. The summed E-state index contributed by atoms with van der Waals surface area (Å²) in [5.41, 5.74) is 4.93. The van der Waals surface area contributed by atoms with Gasteiger partial charge < -0.3 is 10.1 Å². The zero-order valence-electron chi connectivity index (χ0n) is 17.8. The number of fused-ring (bicyclic) bond motifs is 6. The molecular weight excluding hydrogens is 456 g/mol. The average molecular weight is 475 g/mol. The molecule has 0 radical (unpaired) electrons. The van der Waals surface area contributed by atoms with E-state index in [1.165, 1.54) is 11.9 Å². The Labute approximate surface area is 200 Å². The van der Waals surface area contributed by atoms with Crippen molar-refractivity contribution in [1.82, 2.24) is 5.32 Å². The molecule has 0 saturated carbocycles. The zero-order valence-corrected chi connectivity index (χ0v) is 19.4. The van der Waals surface area contributed by atoms with Gasteiger partial charge in [0.05, 0.1) is 16.3 Å². The number of aliphatic imine (C=N–C) groups is 1. The molecule has 3 aromatic carbocycles. The van der Waals surface area contributed by atoms with E-state index in [-0.39, 0.29) is 5.91 Å². The van der Waals surface area contributed by atoms with Gasteiger partial charge in [0.15, 0.2) is 0 Å². The number of halogens is 1. The first-order valence-electron chi connectivity index (χ1n) is 10.2. The molecule has 33 heavy (non-hydrogen) atoms. The maximum absolute atomic E-state index is 12.9. The SMILES string of the molecule is Cc1cccc(C)c1C1=NC2=NSc3cccc(c3)NC(=O)c3cc(ccc3Cl)OC(=C1)N2. The second-order valence-corrected chi connectivity index (χ2v) is 8.87. The highest BCUT2D eigenvalue weighted by molar-refractivity contribution is 7.98. The number of allylic oxidation sites excluding steroid dienone is 1. The molecule has 164 valence electrons. The van der Waals surface area contributed by atoms with Crippen molar-refractivity contribution >= 4 is 46.8 Å². The van der Waals surface area contributed by atoms with Crippen LogP contribution in [0.4, 0.5) is 5.69 Å². The van der Waals surface area contributed by atoms with Crippen molar-refractivity contribution in [3.05, 3.63) is 99.9 Å². The Morgan fingerprint density at radius 2 is 1.76 bits per heavy atom. The number of hydrogen-bond donors (Lipinski definition) is 2. The van der Waals surface area contributed by atoms with E-state index >= 15 is 0 Å². The number of aryl methyl sites for hydroxylation is 2. The lowest BCUT2D eigenvalue weighted by atomic mass is 9.98. The maximum Gasteiger partial charge on any atom is 0.257 e. The minimum absolute atomic E-state index is 0.318. The Morgan fingerprint density at radius 3 is 2.58 bits per heavy atom. The molecule has 0 unspecified atom stereocenters. The molecule has 0 aromatic heterocycles. The van der Waals surface area contributed by atoms with Crippen LogP contribution in [0.5, 0.6) is 5.75 Å². The Kier molecular flexibility index (Phi) is 5.66. The van der Waals surface area contributed by atoms with E-state index in [2.05, 4.69) is 41.0 Å². The lowest BCUT2D eigenvalue weighted by molar-refractivity contribution is 0.102. The van der Waals surface area contributed by atoms with Crippen molar-refractivity contribution in [2.75, 3.05) is 5.32 Å². The summed E-state index contributed by atoms with van der Waals surface area (Å²) in [6.45, 7) is 4.10. The molecule has 6 nitrogen and oxygen atoms in total. The summed E-state index contributed by atoms with van der Waals surface area (Å²) in [6, 6.07) is 18.5. The Hall–Kier alpha value is -3.55. The van der Waals surface area contributed by atoms with Crippen molar-refractivity contribution < 1.29 is 9.53 Å². The first kappa shape index (κ1) is 21.3. The predicted octanol–water partition coefficient (Wildman–Crippen LogP) is 5.90. The highest BCUT2D eigenvalue weighted by atomic mass is 35.5. The van der Waals surface area contributed by atoms with Crippen LogP contribution in [-0.4, -0.2) is 17.6 Å². The van der Waals surface area contributed by atoms with Crippen molar-refractivity contribution in [1.29, 1.82) is 0 Å². The van der Waals surface area contributed by atoms with Gasteiger partial charge in [0, 0.05) is 34.2 Å². The third kappa shape index (κ3) is 4.51. The Morgan fingerprint density at radius 1 is 0.970 bits per heavy atom. The number of anilines is 1. The minimum Gasteiger partial charge on any atom is -0.441 e. The molecule has 0 aliphatic carbocycles. The van der Waals surface area contributed by atoms with Gasteiger partial charge in [-0.05, 0) is 61.4 Å². The molecule has 3 aromatic rings. The summed E-state index contributed by atoms with van der Waals surface area (Å²) in [5.74, 6) is 0.999. The second kappa shape index (κ2) is 8.77. The van der Waals surface area contributed by atoms with Gasteiger partial charge >= 0.3 is 0 Å². The number of hydrogen-bond acceptors (Lipinski definition) is 6. The van der Waals surface area contributed by atoms with E-state index in [0.717, 1.165) is 27.3 Å². The smallest absolute Gasteiger partial charge is 0.257 e. The van der Waals surface area contributed by atoms with Gasteiger partial charge in [-0.3, -0.25) is 10.1 Å². The van der Waals surface area contributed by atoms with Crippen LogP contribution in [0.25, 0.3) is 0 Å². The number of rotatable bonds is 1. The van der Waals surface area contributed by atoms with E-state index in [1.54, 1.807) is 18.2 Å². The van der Waals surface area contributed by atoms with Crippen LogP contribution >= 0.6 is 23.5 Å². The van der Waals surface area contributed by atoms with E-state index in [1.807, 2.05) is 36.4 Å². The van der Waals surface area contributed by atoms with Gasteiger partial charge in [0.25, 0.3) is 5.91 Å². The molecule has 6 bridgehead atoms. The molecule has 2 aliphatic heterocycles. The molecule has 2 N–H and O–H groups in total. The average Bonchev–Trinajstić information content (AvgIpc) is 2.78. The molecule has 0 atom stereocenters. The van der Waals surface area contributed by atoms with Gasteiger partial charge in [0.1, 0.15) is 5.75 Å². The molecule has 5 rings (SSSR count). The minimum atomic E-state index is -0.322. The number of carbonyl (C=O) groups is 1. The summed E-state index contributed by atoms with van der Waals surface area (Å²) >= 11 is 7.57. The zero-order chi connectivity index (χ0) is 22.9. The van der Waals surface area contributed by atoms with Gasteiger partial charge in [-0.25, -0.2) is 4.99 Å². The molecule has 1 amide bonds. The first-order valence-corrected chi connectivity index (χ1v) is 11.4. The van der Waals surface area contributed by atoms with Crippen molar-refractivity contribution in [3.8, 4) is 5.75 Å². The van der Waals surface area contributed by atoms with Gasteiger partial charge in [-0.2, -0.15) is 4.40 Å². The summed E-state index contributed by atoms with van der Waals surface area (Å²) in [5, 5.41) is 6.35. The van der Waals surface area contributed by atoms with Gasteiger partial charge in [-0.15, -0.1) is 0 Å². The Bertz CT molecular complexity index is 1360. The fourth-order valence-electron chi connectivity index (χ4n) is 3.68. The largest absolute Gasteiger partial charge is 0.441 e. The van der Waals surface area contributed by atoms with Crippen molar-refractivity contribution in [2.24, 2.45) is 9.39 Å². The lowest BCUT2D eigenvalue weighted by Gasteiger charge is -2.20. The van der Waals surface area contributed by atoms with Crippen LogP contribution in [0.2, 0.25) is 5.02 Å². The van der Waals surface area contributed by atoms with Crippen LogP contribution in [0.1, 0.15) is 27.0 Å². The number of benzene rings is 3. The predicted molar refractivity (Wildman–Crippen MR) is 133 cm³/mol. The molecule has 2 heterocycles. The van der Waals surface area contributed by atoms with Gasteiger partial charge in [-0.1, -0.05) is 35.9 Å². The van der Waals surface area contributed by atoms with Crippen LogP contribution in [0.15, 0.2) is 86.9 Å². The summed E-state index contributed by atoms with van der Waals surface area (Å²) in [7, 11) is 0. The summed E-state index contributed by atoms with van der Waals surface area (Å²) < 4.78 is 10.7. The third-order valence-electron chi connectivity index (χ3n) is 5.21. The van der Waals surface area contributed by atoms with E-state index in [0.29, 0.717) is 33.9 Å². The van der Waals surface area contributed by atoms with Crippen LogP contribution < -0.4 is 15.4 Å². The first-order chi connectivity index (χ1) is 16.0. The van der Waals surface area contributed by atoms with Crippen LogP contribution in [0.3, 0.4) is 0 Å². The fourth-order valence-corrected chi connectivity index (χ4v) is 4.48. The molecule has 0 saturated heterocycles. The van der Waals surface area contributed by atoms with E-state index < -0.39 is 0 Å². The molecule has 0 spiro atoms. The van der Waals surface area contributed by atoms with E-state index in [9.17, 15) is 4.79 Å². The van der Waals surface area contributed by atoms with Crippen LogP contribution in [0, 0.1) is 13.8 Å². The number of amides is 1. The lowest BCUT2D eigenvalue weighted by Crippen LogP contribution is -2.30. The number of carbonyl (C=O) groups excluding carboxylic acids is 1. The standard InChI is InChI=1S/C25H19ClN4O2S/c1-14-5-3-6-15(2)23(14)21-13-22-29-25(28-21)30-33-18-8-4-7-16(11-18)27-24(31)19-12-17(32-22)9-10-20(19)26/h3-13H,1-2H3,(H,27,31)(H,28,29,30). The monoisotopic (exact) mass is 474 g/mol. The molecule has 0 fully saturated rings.